The molecule has 4 aliphatic rings. The minimum atomic E-state index is -0.957. The van der Waals surface area contributed by atoms with Gasteiger partial charge in [-0.3, -0.25) is 24.6 Å². The van der Waals surface area contributed by atoms with Crippen molar-refractivity contribution in [2.24, 2.45) is 23.2 Å². The third-order valence-corrected chi connectivity index (χ3v) is 7.11. The molecule has 140 valence electrons. The molecule has 4 aliphatic carbocycles. The van der Waals surface area contributed by atoms with Gasteiger partial charge in [0, 0.05) is 28.4 Å². The minimum Gasteiger partial charge on any atom is -0.273 e. The van der Waals surface area contributed by atoms with Crippen LogP contribution < -0.4 is 10.9 Å². The molecule has 0 saturated heterocycles. The summed E-state index contributed by atoms with van der Waals surface area (Å²) in [5.41, 5.74) is 6.34. The number of carbonyl (C=O) groups is 2. The zero-order valence-corrected chi connectivity index (χ0v) is 15.9. The quantitative estimate of drug-likeness (QED) is 0.796. The molecule has 0 aliphatic heterocycles. The van der Waals surface area contributed by atoms with Gasteiger partial charge in [-0.1, -0.05) is 12.1 Å². The Kier molecular flexibility index (Phi) is 4.63. The molecule has 4 fully saturated rings. The number of rotatable bonds is 4. The van der Waals surface area contributed by atoms with Gasteiger partial charge in [-0.25, -0.2) is 0 Å². The van der Waals surface area contributed by atoms with Crippen LogP contribution in [0.1, 0.15) is 54.4 Å². The first-order chi connectivity index (χ1) is 12.4. The van der Waals surface area contributed by atoms with Crippen molar-refractivity contribution in [3.05, 3.63) is 35.4 Å². The first-order valence-corrected chi connectivity index (χ1v) is 11.2. The molecule has 26 heavy (non-hydrogen) atoms. The Hall–Kier alpha value is -1.69. The van der Waals surface area contributed by atoms with Gasteiger partial charge in [0.25, 0.3) is 5.91 Å². The SMILES string of the molecule is C[S@](=O)Cc1cccc(C(=O)NNC(=O)C23CC4CC(CC(C4)C2)C3)c1. The molecular formula is C20H26N2O3S. The summed E-state index contributed by atoms with van der Waals surface area (Å²) in [5, 5.41) is 0. The summed E-state index contributed by atoms with van der Waals surface area (Å²) < 4.78 is 11.4. The Morgan fingerprint density at radius 1 is 1.08 bits per heavy atom. The molecule has 5 rings (SSSR count). The fourth-order valence-corrected chi connectivity index (χ4v) is 6.39. The lowest BCUT2D eigenvalue weighted by molar-refractivity contribution is -0.147. The molecule has 1 aromatic rings. The van der Waals surface area contributed by atoms with Crippen molar-refractivity contribution in [3.63, 3.8) is 0 Å². The predicted molar refractivity (Wildman–Crippen MR) is 100 cm³/mol. The van der Waals surface area contributed by atoms with Crippen LogP contribution in [0.3, 0.4) is 0 Å². The fourth-order valence-electron chi connectivity index (χ4n) is 5.74. The van der Waals surface area contributed by atoms with E-state index in [9.17, 15) is 13.8 Å². The minimum absolute atomic E-state index is 0.0178. The highest BCUT2D eigenvalue weighted by Crippen LogP contribution is 2.60. The molecule has 6 heteroatoms. The maximum Gasteiger partial charge on any atom is 0.269 e. The standard InChI is InChI=1S/C20H26N2O3S/c1-26(25)12-13-3-2-4-17(8-13)18(23)21-22-19(24)20-9-14-5-15(10-20)7-16(6-14)11-20/h2-4,8,14-16H,5-7,9-12H2,1H3,(H,21,23)(H,22,24)/t14?,15?,16?,20?,26-/m0/s1. The van der Waals surface area contributed by atoms with Gasteiger partial charge in [0.15, 0.2) is 0 Å². The number of hydrazine groups is 1. The average Bonchev–Trinajstić information content (AvgIpc) is 2.57. The number of amides is 2. The van der Waals surface area contributed by atoms with Crippen molar-refractivity contribution in [3.8, 4) is 0 Å². The van der Waals surface area contributed by atoms with E-state index in [4.69, 9.17) is 0 Å². The van der Waals surface area contributed by atoms with Gasteiger partial charge in [-0.2, -0.15) is 0 Å². The normalized spacial score (nSPS) is 32.9. The molecule has 4 saturated carbocycles. The van der Waals surface area contributed by atoms with Crippen LogP contribution in [-0.4, -0.2) is 22.3 Å². The van der Waals surface area contributed by atoms with E-state index in [0.29, 0.717) is 29.1 Å². The van der Waals surface area contributed by atoms with Crippen LogP contribution in [0.5, 0.6) is 0 Å². The molecule has 5 nitrogen and oxygen atoms in total. The van der Waals surface area contributed by atoms with Crippen LogP contribution in [0.25, 0.3) is 0 Å². The van der Waals surface area contributed by atoms with Crippen molar-refractivity contribution >= 4 is 22.6 Å². The molecule has 0 unspecified atom stereocenters. The Morgan fingerprint density at radius 2 is 1.69 bits per heavy atom. The summed E-state index contributed by atoms with van der Waals surface area (Å²) in [5.74, 6) is 2.14. The second kappa shape index (κ2) is 6.80. The zero-order chi connectivity index (χ0) is 18.3. The molecule has 0 heterocycles. The number of hydrogen-bond donors (Lipinski definition) is 2. The van der Waals surface area contributed by atoms with Gasteiger partial charge in [-0.15, -0.1) is 0 Å². The van der Waals surface area contributed by atoms with Gasteiger partial charge in [0.2, 0.25) is 5.91 Å². The maximum absolute atomic E-state index is 12.9. The van der Waals surface area contributed by atoms with Crippen LogP contribution >= 0.6 is 0 Å². The second-order valence-electron chi connectivity index (χ2n) is 8.52. The number of hydrogen-bond acceptors (Lipinski definition) is 3. The van der Waals surface area contributed by atoms with E-state index in [1.54, 1.807) is 24.5 Å². The molecule has 1 aromatic carbocycles. The lowest BCUT2D eigenvalue weighted by Crippen LogP contribution is -2.56. The van der Waals surface area contributed by atoms with Crippen molar-refractivity contribution in [1.82, 2.24) is 10.9 Å². The third-order valence-electron chi connectivity index (χ3n) is 6.37. The van der Waals surface area contributed by atoms with E-state index >= 15 is 0 Å². The average molecular weight is 375 g/mol. The summed E-state index contributed by atoms with van der Waals surface area (Å²) in [6.45, 7) is 0. The van der Waals surface area contributed by atoms with Crippen LogP contribution in [0.2, 0.25) is 0 Å². The second-order valence-corrected chi connectivity index (χ2v) is 9.96. The predicted octanol–water partition coefficient (Wildman–Crippen LogP) is 2.54. The van der Waals surface area contributed by atoms with Gasteiger partial charge < -0.3 is 0 Å². The van der Waals surface area contributed by atoms with Crippen LogP contribution in [0.15, 0.2) is 24.3 Å². The summed E-state index contributed by atoms with van der Waals surface area (Å²) in [6.07, 6.45) is 8.40. The topological polar surface area (TPSA) is 75.3 Å². The Labute approximate surface area is 156 Å². The van der Waals surface area contributed by atoms with Crippen LogP contribution in [-0.2, 0) is 21.3 Å². The first kappa shape index (κ1) is 17.7. The Balaban J connectivity index is 1.39. The highest BCUT2D eigenvalue weighted by atomic mass is 32.2. The van der Waals surface area contributed by atoms with Crippen LogP contribution in [0, 0.1) is 23.2 Å². The lowest BCUT2D eigenvalue weighted by Gasteiger charge is -2.55. The number of benzene rings is 1. The molecule has 2 amide bonds. The van der Waals surface area contributed by atoms with Gasteiger partial charge >= 0.3 is 0 Å². The van der Waals surface area contributed by atoms with Crippen molar-refractivity contribution in [1.29, 1.82) is 0 Å². The Morgan fingerprint density at radius 3 is 2.27 bits per heavy atom. The summed E-state index contributed by atoms with van der Waals surface area (Å²) in [4.78, 5) is 25.3. The van der Waals surface area contributed by atoms with Crippen molar-refractivity contribution in [2.45, 2.75) is 44.3 Å². The van der Waals surface area contributed by atoms with Crippen molar-refractivity contribution < 1.29 is 13.8 Å². The molecular weight excluding hydrogens is 348 g/mol. The maximum atomic E-state index is 12.9. The summed E-state index contributed by atoms with van der Waals surface area (Å²) in [6, 6.07) is 7.06. The van der Waals surface area contributed by atoms with Crippen molar-refractivity contribution in [2.75, 3.05) is 6.26 Å². The van der Waals surface area contributed by atoms with E-state index in [1.807, 2.05) is 6.07 Å². The van der Waals surface area contributed by atoms with E-state index < -0.39 is 10.8 Å². The van der Waals surface area contributed by atoms with E-state index in [0.717, 1.165) is 24.8 Å². The van der Waals surface area contributed by atoms with Gasteiger partial charge in [0.1, 0.15) is 0 Å². The number of nitrogens with one attached hydrogen (secondary N) is 2. The fraction of sp³-hybridized carbons (Fsp3) is 0.600. The monoisotopic (exact) mass is 374 g/mol. The summed E-state index contributed by atoms with van der Waals surface area (Å²) >= 11 is 0. The first-order valence-electron chi connectivity index (χ1n) is 9.43. The zero-order valence-electron chi connectivity index (χ0n) is 15.1. The molecule has 2 N–H and O–H groups in total. The third kappa shape index (κ3) is 3.43. The van der Waals surface area contributed by atoms with E-state index in [-0.39, 0.29) is 17.2 Å². The molecule has 0 spiro atoms. The van der Waals surface area contributed by atoms with Gasteiger partial charge in [0.05, 0.1) is 5.41 Å². The van der Waals surface area contributed by atoms with Crippen LogP contribution in [0.4, 0.5) is 0 Å². The smallest absolute Gasteiger partial charge is 0.269 e. The molecule has 1 atom stereocenters. The Bertz CT molecular complexity index is 726. The molecule has 0 aromatic heterocycles. The largest absolute Gasteiger partial charge is 0.273 e. The van der Waals surface area contributed by atoms with E-state index in [2.05, 4.69) is 10.9 Å². The lowest BCUT2D eigenvalue weighted by atomic mass is 9.49. The highest BCUT2D eigenvalue weighted by Gasteiger charge is 2.54. The molecule has 0 radical (unpaired) electrons. The highest BCUT2D eigenvalue weighted by molar-refractivity contribution is 7.83. The number of carbonyl (C=O) groups excluding carboxylic acids is 2. The van der Waals surface area contributed by atoms with Gasteiger partial charge in [-0.05, 0) is 74.0 Å². The molecule has 4 bridgehead atoms. The summed E-state index contributed by atoms with van der Waals surface area (Å²) in [7, 11) is -0.957. The van der Waals surface area contributed by atoms with E-state index in [1.165, 1.54) is 19.3 Å².